The molecule has 6 nitrogen and oxygen atoms in total. The quantitative estimate of drug-likeness (QED) is 0.775. The summed E-state index contributed by atoms with van der Waals surface area (Å²) < 4.78 is 10.9. The summed E-state index contributed by atoms with van der Waals surface area (Å²) in [5.74, 6) is 1.18. The summed E-state index contributed by atoms with van der Waals surface area (Å²) in [5, 5.41) is 0. The minimum absolute atomic E-state index is 0.0625. The van der Waals surface area contributed by atoms with Gasteiger partial charge in [-0.3, -0.25) is 9.78 Å². The molecule has 0 N–H and O–H groups in total. The summed E-state index contributed by atoms with van der Waals surface area (Å²) >= 11 is 5.90. The molecule has 1 aliphatic heterocycles. The van der Waals surface area contributed by atoms with E-state index in [-0.39, 0.29) is 12.0 Å². The Morgan fingerprint density at radius 2 is 2.18 bits per heavy atom. The SMILES string of the molecule is COc1cncc(OC2CCCN(C(=O)C(C)(C)CCl)C2)n1. The van der Waals surface area contributed by atoms with Gasteiger partial charge >= 0.3 is 0 Å². The Morgan fingerprint density at radius 1 is 1.45 bits per heavy atom. The van der Waals surface area contributed by atoms with Crippen LogP contribution in [0.4, 0.5) is 0 Å². The number of hydrogen-bond acceptors (Lipinski definition) is 5. The molecular formula is C15H22ClN3O3. The van der Waals surface area contributed by atoms with Crippen LogP contribution < -0.4 is 9.47 Å². The Kier molecular flexibility index (Phi) is 5.45. The van der Waals surface area contributed by atoms with Crippen molar-refractivity contribution in [1.29, 1.82) is 0 Å². The molecule has 7 heteroatoms. The van der Waals surface area contributed by atoms with Crippen molar-refractivity contribution in [2.24, 2.45) is 5.41 Å². The Labute approximate surface area is 135 Å². The topological polar surface area (TPSA) is 64.6 Å². The number of aromatic nitrogens is 2. The zero-order valence-electron chi connectivity index (χ0n) is 13.2. The predicted molar refractivity (Wildman–Crippen MR) is 83.3 cm³/mol. The van der Waals surface area contributed by atoms with Gasteiger partial charge in [0.2, 0.25) is 17.7 Å². The third-order valence-corrected chi connectivity index (χ3v) is 4.33. The van der Waals surface area contributed by atoms with E-state index in [0.29, 0.717) is 24.2 Å². The van der Waals surface area contributed by atoms with Gasteiger partial charge in [-0.05, 0) is 26.7 Å². The van der Waals surface area contributed by atoms with Crippen LogP contribution in [0.1, 0.15) is 26.7 Å². The highest BCUT2D eigenvalue weighted by Crippen LogP contribution is 2.24. The molecule has 1 saturated heterocycles. The summed E-state index contributed by atoms with van der Waals surface area (Å²) in [4.78, 5) is 22.5. The molecule has 1 fully saturated rings. The van der Waals surface area contributed by atoms with Crippen molar-refractivity contribution in [1.82, 2.24) is 14.9 Å². The average molecular weight is 328 g/mol. The van der Waals surface area contributed by atoms with Crippen LogP contribution in [0.3, 0.4) is 0 Å². The number of amides is 1. The van der Waals surface area contributed by atoms with Gasteiger partial charge in [0.05, 0.1) is 31.5 Å². The number of piperidine rings is 1. The second-order valence-electron chi connectivity index (χ2n) is 6.05. The fourth-order valence-corrected chi connectivity index (χ4v) is 2.48. The Morgan fingerprint density at radius 3 is 2.86 bits per heavy atom. The van der Waals surface area contributed by atoms with E-state index in [2.05, 4.69) is 9.97 Å². The molecule has 1 aromatic heterocycles. The van der Waals surface area contributed by atoms with Gasteiger partial charge in [-0.2, -0.15) is 4.98 Å². The number of alkyl halides is 1. The average Bonchev–Trinajstić information content (AvgIpc) is 2.54. The van der Waals surface area contributed by atoms with E-state index in [9.17, 15) is 4.79 Å². The van der Waals surface area contributed by atoms with Gasteiger partial charge in [0.1, 0.15) is 6.10 Å². The molecule has 1 unspecified atom stereocenters. The van der Waals surface area contributed by atoms with Gasteiger partial charge < -0.3 is 14.4 Å². The molecule has 2 rings (SSSR count). The first kappa shape index (κ1) is 16.8. The Hall–Kier alpha value is -1.56. The monoisotopic (exact) mass is 327 g/mol. The molecule has 0 radical (unpaired) electrons. The number of carbonyl (C=O) groups is 1. The summed E-state index contributed by atoms with van der Waals surface area (Å²) in [6, 6.07) is 0. The number of ether oxygens (including phenoxy) is 2. The highest BCUT2D eigenvalue weighted by atomic mass is 35.5. The molecule has 1 aliphatic rings. The third kappa shape index (κ3) is 4.00. The molecule has 0 aliphatic carbocycles. The standard InChI is InChI=1S/C15H22ClN3O3/c1-15(2,10-16)14(20)19-6-4-5-11(9-19)22-13-8-17-7-12(18-13)21-3/h7-8,11H,4-6,9-10H2,1-3H3. The number of rotatable bonds is 5. The van der Waals surface area contributed by atoms with Gasteiger partial charge in [-0.25, -0.2) is 0 Å². The number of likely N-dealkylation sites (tertiary alicyclic amines) is 1. The highest BCUT2D eigenvalue weighted by Gasteiger charge is 2.34. The minimum atomic E-state index is -0.556. The first-order chi connectivity index (χ1) is 10.5. The fourth-order valence-electron chi connectivity index (χ4n) is 2.36. The zero-order valence-corrected chi connectivity index (χ0v) is 14.0. The summed E-state index contributed by atoms with van der Waals surface area (Å²) in [5.41, 5.74) is -0.556. The number of methoxy groups -OCH3 is 1. The fraction of sp³-hybridized carbons (Fsp3) is 0.667. The second-order valence-corrected chi connectivity index (χ2v) is 6.32. The lowest BCUT2D eigenvalue weighted by Crippen LogP contribution is -2.49. The van der Waals surface area contributed by atoms with E-state index in [1.165, 1.54) is 13.3 Å². The van der Waals surface area contributed by atoms with E-state index in [1.54, 1.807) is 6.20 Å². The largest absolute Gasteiger partial charge is 0.480 e. The lowest BCUT2D eigenvalue weighted by molar-refractivity contribution is -0.142. The van der Waals surface area contributed by atoms with Gasteiger partial charge in [-0.1, -0.05) is 0 Å². The second kappa shape index (κ2) is 7.13. The van der Waals surface area contributed by atoms with Gasteiger partial charge in [0, 0.05) is 12.4 Å². The maximum absolute atomic E-state index is 12.5. The number of carbonyl (C=O) groups excluding carboxylic acids is 1. The van der Waals surface area contributed by atoms with Gasteiger partial charge in [-0.15, -0.1) is 11.6 Å². The number of nitrogens with zero attached hydrogens (tertiary/aromatic N) is 3. The van der Waals surface area contributed by atoms with Crippen LogP contribution in [0.25, 0.3) is 0 Å². The maximum Gasteiger partial charge on any atom is 0.235 e. The molecule has 1 amide bonds. The molecule has 0 spiro atoms. The van der Waals surface area contributed by atoms with Crippen LogP contribution in [0.2, 0.25) is 0 Å². The van der Waals surface area contributed by atoms with Gasteiger partial charge in [0.25, 0.3) is 0 Å². The molecule has 22 heavy (non-hydrogen) atoms. The summed E-state index contributed by atoms with van der Waals surface area (Å²) in [6.07, 6.45) is 4.75. The lowest BCUT2D eigenvalue weighted by Gasteiger charge is -2.36. The van der Waals surface area contributed by atoms with Crippen molar-refractivity contribution < 1.29 is 14.3 Å². The van der Waals surface area contributed by atoms with E-state index in [0.717, 1.165) is 19.4 Å². The zero-order chi connectivity index (χ0) is 16.2. The van der Waals surface area contributed by atoms with Crippen molar-refractivity contribution in [3.8, 4) is 11.8 Å². The minimum Gasteiger partial charge on any atom is -0.480 e. The Bertz CT molecular complexity index is 525. The molecule has 1 aromatic rings. The smallest absolute Gasteiger partial charge is 0.235 e. The summed E-state index contributed by atoms with van der Waals surface area (Å²) in [6.45, 7) is 5.00. The van der Waals surface area contributed by atoms with Crippen LogP contribution >= 0.6 is 11.6 Å². The molecule has 0 bridgehead atoms. The van der Waals surface area contributed by atoms with Crippen LogP contribution in [0, 0.1) is 5.41 Å². The first-order valence-electron chi connectivity index (χ1n) is 7.34. The van der Waals surface area contributed by atoms with Crippen LogP contribution in [-0.4, -0.2) is 53.0 Å². The number of hydrogen-bond donors (Lipinski definition) is 0. The van der Waals surface area contributed by atoms with Crippen LogP contribution in [-0.2, 0) is 4.79 Å². The van der Waals surface area contributed by atoms with Crippen molar-refractivity contribution >= 4 is 17.5 Å². The van der Waals surface area contributed by atoms with E-state index >= 15 is 0 Å². The number of halogens is 1. The van der Waals surface area contributed by atoms with Gasteiger partial charge in [0.15, 0.2) is 0 Å². The Balaban J connectivity index is 2.00. The normalized spacial score (nSPS) is 18.9. The first-order valence-corrected chi connectivity index (χ1v) is 7.88. The van der Waals surface area contributed by atoms with Crippen molar-refractivity contribution in [2.75, 3.05) is 26.1 Å². The van der Waals surface area contributed by atoms with E-state index < -0.39 is 5.41 Å². The lowest BCUT2D eigenvalue weighted by atomic mass is 9.93. The molecule has 2 heterocycles. The molecule has 0 aromatic carbocycles. The van der Waals surface area contributed by atoms with Crippen molar-refractivity contribution in [3.05, 3.63) is 12.4 Å². The van der Waals surface area contributed by atoms with E-state index in [4.69, 9.17) is 21.1 Å². The van der Waals surface area contributed by atoms with Crippen LogP contribution in [0.15, 0.2) is 12.4 Å². The molecular weight excluding hydrogens is 306 g/mol. The molecule has 0 saturated carbocycles. The summed E-state index contributed by atoms with van der Waals surface area (Å²) in [7, 11) is 1.53. The maximum atomic E-state index is 12.5. The third-order valence-electron chi connectivity index (χ3n) is 3.67. The molecule has 122 valence electrons. The molecule has 1 atom stereocenters. The van der Waals surface area contributed by atoms with Crippen molar-refractivity contribution in [2.45, 2.75) is 32.8 Å². The van der Waals surface area contributed by atoms with Crippen LogP contribution in [0.5, 0.6) is 11.8 Å². The predicted octanol–water partition coefficient (Wildman–Crippen LogP) is 2.12. The highest BCUT2D eigenvalue weighted by molar-refractivity contribution is 6.19. The van der Waals surface area contributed by atoms with E-state index in [1.807, 2.05) is 18.7 Å². The van der Waals surface area contributed by atoms with Crippen molar-refractivity contribution in [3.63, 3.8) is 0 Å².